The molecule has 0 aliphatic carbocycles. The molecule has 0 bridgehead atoms. The van der Waals surface area contributed by atoms with Crippen molar-refractivity contribution in [1.82, 2.24) is 4.98 Å². The number of pyridine rings is 1. The van der Waals surface area contributed by atoms with Crippen molar-refractivity contribution in [1.29, 1.82) is 0 Å². The van der Waals surface area contributed by atoms with Crippen molar-refractivity contribution in [3.05, 3.63) is 23.9 Å². The van der Waals surface area contributed by atoms with Crippen LogP contribution >= 0.6 is 0 Å². The lowest BCUT2D eigenvalue weighted by molar-refractivity contribution is 0.281. The van der Waals surface area contributed by atoms with Crippen molar-refractivity contribution in [3.8, 4) is 0 Å². The Balaban J connectivity index is 2.64. The average Bonchev–Trinajstić information content (AvgIpc) is 2.26. The molecule has 14 heavy (non-hydrogen) atoms. The van der Waals surface area contributed by atoms with Crippen LogP contribution in [0.5, 0.6) is 0 Å². The zero-order valence-corrected chi connectivity index (χ0v) is 8.90. The van der Waals surface area contributed by atoms with E-state index in [4.69, 9.17) is 5.11 Å². The highest BCUT2D eigenvalue weighted by Crippen LogP contribution is 2.11. The zero-order chi connectivity index (χ0) is 10.4. The summed E-state index contributed by atoms with van der Waals surface area (Å²) in [6, 6.07) is 3.76. The smallest absolute Gasteiger partial charge is 0.128 e. The Hall–Kier alpha value is -1.09. The van der Waals surface area contributed by atoms with Crippen LogP contribution < -0.4 is 4.90 Å². The largest absolute Gasteiger partial charge is 0.392 e. The standard InChI is InChI=1S/C11H18N2O/c1-3-4-7-13(2)11-8-10(9-14)5-6-12-11/h5-6,8,14H,3-4,7,9H2,1-2H3. The Morgan fingerprint density at radius 3 is 2.93 bits per heavy atom. The van der Waals surface area contributed by atoms with E-state index in [2.05, 4.69) is 16.8 Å². The van der Waals surface area contributed by atoms with E-state index in [9.17, 15) is 0 Å². The molecule has 0 saturated heterocycles. The van der Waals surface area contributed by atoms with Gasteiger partial charge in [0.15, 0.2) is 0 Å². The van der Waals surface area contributed by atoms with Gasteiger partial charge in [0.25, 0.3) is 0 Å². The molecule has 0 aliphatic rings. The molecule has 0 amide bonds. The predicted octanol–water partition coefficient (Wildman–Crippen LogP) is 1.81. The van der Waals surface area contributed by atoms with Crippen LogP contribution in [0.1, 0.15) is 25.3 Å². The van der Waals surface area contributed by atoms with Crippen molar-refractivity contribution in [2.45, 2.75) is 26.4 Å². The molecule has 0 fully saturated rings. The second-order valence-electron chi connectivity index (χ2n) is 3.46. The molecule has 0 spiro atoms. The minimum absolute atomic E-state index is 0.0805. The van der Waals surface area contributed by atoms with Crippen molar-refractivity contribution in [3.63, 3.8) is 0 Å². The summed E-state index contributed by atoms with van der Waals surface area (Å²) in [5, 5.41) is 8.97. The molecule has 0 atom stereocenters. The van der Waals surface area contributed by atoms with Gasteiger partial charge < -0.3 is 10.0 Å². The van der Waals surface area contributed by atoms with E-state index in [-0.39, 0.29) is 6.61 Å². The summed E-state index contributed by atoms with van der Waals surface area (Å²) >= 11 is 0. The zero-order valence-electron chi connectivity index (χ0n) is 8.90. The maximum absolute atomic E-state index is 8.97. The number of unbranched alkanes of at least 4 members (excludes halogenated alkanes) is 1. The fourth-order valence-corrected chi connectivity index (χ4v) is 1.28. The lowest BCUT2D eigenvalue weighted by Crippen LogP contribution is -2.19. The summed E-state index contributed by atoms with van der Waals surface area (Å²) in [6.45, 7) is 3.26. The SMILES string of the molecule is CCCCN(C)c1cc(CO)ccn1. The van der Waals surface area contributed by atoms with Crippen molar-refractivity contribution in [2.24, 2.45) is 0 Å². The molecular weight excluding hydrogens is 176 g/mol. The van der Waals surface area contributed by atoms with Gasteiger partial charge in [-0.25, -0.2) is 4.98 Å². The Labute approximate surface area is 85.4 Å². The second kappa shape index (κ2) is 5.60. The Kier molecular flexibility index (Phi) is 4.40. The number of aliphatic hydroxyl groups excluding tert-OH is 1. The Morgan fingerprint density at radius 1 is 1.50 bits per heavy atom. The number of hydrogen-bond acceptors (Lipinski definition) is 3. The van der Waals surface area contributed by atoms with Gasteiger partial charge in [-0.3, -0.25) is 0 Å². The molecule has 1 rings (SSSR count). The van der Waals surface area contributed by atoms with Gasteiger partial charge in [-0.15, -0.1) is 0 Å². The van der Waals surface area contributed by atoms with E-state index >= 15 is 0 Å². The van der Waals surface area contributed by atoms with Crippen LogP contribution in [0.15, 0.2) is 18.3 Å². The van der Waals surface area contributed by atoms with Crippen LogP contribution in [0, 0.1) is 0 Å². The first kappa shape index (κ1) is 11.0. The van der Waals surface area contributed by atoms with Gasteiger partial charge >= 0.3 is 0 Å². The Bertz CT molecular complexity index is 276. The molecule has 1 N–H and O–H groups in total. The molecule has 3 nitrogen and oxygen atoms in total. The van der Waals surface area contributed by atoms with Crippen LogP contribution in [-0.2, 0) is 6.61 Å². The first-order chi connectivity index (χ1) is 6.77. The molecule has 1 heterocycles. The van der Waals surface area contributed by atoms with E-state index in [1.807, 2.05) is 19.2 Å². The maximum Gasteiger partial charge on any atom is 0.128 e. The van der Waals surface area contributed by atoms with E-state index < -0.39 is 0 Å². The monoisotopic (exact) mass is 194 g/mol. The lowest BCUT2D eigenvalue weighted by atomic mass is 10.2. The van der Waals surface area contributed by atoms with Gasteiger partial charge in [0.2, 0.25) is 0 Å². The van der Waals surface area contributed by atoms with Gasteiger partial charge in [-0.2, -0.15) is 0 Å². The van der Waals surface area contributed by atoms with E-state index in [0.717, 1.165) is 17.9 Å². The molecule has 78 valence electrons. The van der Waals surface area contributed by atoms with Crippen LogP contribution in [0.2, 0.25) is 0 Å². The topological polar surface area (TPSA) is 36.4 Å². The van der Waals surface area contributed by atoms with Crippen LogP contribution in [0.25, 0.3) is 0 Å². The summed E-state index contributed by atoms with van der Waals surface area (Å²) in [7, 11) is 2.03. The summed E-state index contributed by atoms with van der Waals surface area (Å²) in [4.78, 5) is 6.37. The number of anilines is 1. The predicted molar refractivity (Wildman–Crippen MR) is 58.3 cm³/mol. The maximum atomic E-state index is 8.97. The summed E-state index contributed by atoms with van der Waals surface area (Å²) in [5.41, 5.74) is 0.915. The number of hydrogen-bond donors (Lipinski definition) is 1. The average molecular weight is 194 g/mol. The molecule has 0 unspecified atom stereocenters. The number of nitrogens with zero attached hydrogens (tertiary/aromatic N) is 2. The Morgan fingerprint density at radius 2 is 2.29 bits per heavy atom. The lowest BCUT2D eigenvalue weighted by Gasteiger charge is -2.17. The van der Waals surface area contributed by atoms with Gasteiger partial charge in [0.1, 0.15) is 5.82 Å². The number of aromatic nitrogens is 1. The number of rotatable bonds is 5. The first-order valence-corrected chi connectivity index (χ1v) is 5.05. The third-order valence-corrected chi connectivity index (χ3v) is 2.23. The van der Waals surface area contributed by atoms with Gasteiger partial charge in [-0.05, 0) is 24.1 Å². The minimum Gasteiger partial charge on any atom is -0.392 e. The quantitative estimate of drug-likeness (QED) is 0.776. The molecule has 1 aromatic heterocycles. The van der Waals surface area contributed by atoms with Crippen LogP contribution in [-0.4, -0.2) is 23.7 Å². The van der Waals surface area contributed by atoms with Gasteiger partial charge in [-0.1, -0.05) is 13.3 Å². The summed E-state index contributed by atoms with van der Waals surface area (Å²) in [5.74, 6) is 0.935. The fourth-order valence-electron chi connectivity index (χ4n) is 1.28. The van der Waals surface area contributed by atoms with Gasteiger partial charge in [0.05, 0.1) is 6.61 Å². The normalized spacial score (nSPS) is 10.2. The fraction of sp³-hybridized carbons (Fsp3) is 0.545. The second-order valence-corrected chi connectivity index (χ2v) is 3.46. The molecule has 1 aromatic rings. The van der Waals surface area contributed by atoms with Crippen molar-refractivity contribution >= 4 is 5.82 Å². The molecule has 0 saturated carbocycles. The number of aliphatic hydroxyl groups is 1. The molecule has 0 radical (unpaired) electrons. The van der Waals surface area contributed by atoms with Gasteiger partial charge in [0, 0.05) is 19.8 Å². The molecular formula is C11H18N2O. The third kappa shape index (κ3) is 3.00. The molecule has 3 heteroatoms. The van der Waals surface area contributed by atoms with Crippen molar-refractivity contribution in [2.75, 3.05) is 18.5 Å². The minimum atomic E-state index is 0.0805. The van der Waals surface area contributed by atoms with E-state index in [1.54, 1.807) is 6.20 Å². The van der Waals surface area contributed by atoms with E-state index in [0.29, 0.717) is 0 Å². The highest BCUT2D eigenvalue weighted by Gasteiger charge is 2.01. The molecule has 0 aliphatic heterocycles. The van der Waals surface area contributed by atoms with Crippen LogP contribution in [0.3, 0.4) is 0 Å². The highest BCUT2D eigenvalue weighted by atomic mass is 16.3. The summed E-state index contributed by atoms with van der Waals surface area (Å²) in [6.07, 6.45) is 4.09. The summed E-state index contributed by atoms with van der Waals surface area (Å²) < 4.78 is 0. The molecule has 0 aromatic carbocycles. The third-order valence-electron chi connectivity index (χ3n) is 2.23. The highest BCUT2D eigenvalue weighted by molar-refractivity contribution is 5.39. The van der Waals surface area contributed by atoms with E-state index in [1.165, 1.54) is 12.8 Å². The van der Waals surface area contributed by atoms with Crippen LogP contribution in [0.4, 0.5) is 5.82 Å². The first-order valence-electron chi connectivity index (χ1n) is 5.05. The van der Waals surface area contributed by atoms with Crippen molar-refractivity contribution < 1.29 is 5.11 Å².